The van der Waals surface area contributed by atoms with Crippen molar-refractivity contribution in [3.8, 4) is 0 Å². The lowest BCUT2D eigenvalue weighted by Gasteiger charge is -2.19. The Kier molecular flexibility index (Phi) is 7.03. The summed E-state index contributed by atoms with van der Waals surface area (Å²) in [6, 6.07) is 12.4. The Morgan fingerprint density at radius 3 is 2.52 bits per heavy atom. The summed E-state index contributed by atoms with van der Waals surface area (Å²) in [5, 5.41) is 2.55. The van der Waals surface area contributed by atoms with Crippen LogP contribution in [0.15, 0.2) is 47.4 Å². The van der Waals surface area contributed by atoms with Crippen LogP contribution in [0.4, 0.5) is 5.69 Å². The highest BCUT2D eigenvalue weighted by Gasteiger charge is 2.28. The zero-order valence-corrected chi connectivity index (χ0v) is 19.2. The largest absolute Gasteiger partial charge is 0.355 e. The van der Waals surface area contributed by atoms with E-state index in [0.29, 0.717) is 24.2 Å². The first kappa shape index (κ1) is 23.2. The van der Waals surface area contributed by atoms with Crippen LogP contribution in [-0.2, 0) is 31.3 Å². The zero-order valence-electron chi connectivity index (χ0n) is 17.6. The van der Waals surface area contributed by atoms with Crippen molar-refractivity contribution in [2.24, 2.45) is 0 Å². The fourth-order valence-corrected chi connectivity index (χ4v) is 6.28. The van der Waals surface area contributed by atoms with Gasteiger partial charge in [-0.05, 0) is 43.5 Å². The predicted octanol–water partition coefficient (Wildman–Crippen LogP) is 1.48. The number of hydrogen-bond donors (Lipinski definition) is 2. The van der Waals surface area contributed by atoms with E-state index in [1.807, 2.05) is 19.1 Å². The highest BCUT2D eigenvalue weighted by molar-refractivity contribution is 7.92. The Hall–Kier alpha value is -2.43. The molecule has 0 radical (unpaired) electrons. The van der Waals surface area contributed by atoms with Crippen molar-refractivity contribution in [2.45, 2.75) is 31.6 Å². The number of carbonyl (C=O) groups is 1. The lowest BCUT2D eigenvalue weighted by molar-refractivity contribution is -0.120. The first-order valence-electron chi connectivity index (χ1n) is 10.0. The molecule has 168 valence electrons. The number of nitrogens with one attached hydrogen (secondary N) is 2. The number of benzene rings is 2. The van der Waals surface area contributed by atoms with Crippen molar-refractivity contribution in [1.29, 1.82) is 0 Å². The topological polar surface area (TPSA) is 113 Å². The second-order valence-corrected chi connectivity index (χ2v) is 11.3. The Morgan fingerprint density at radius 1 is 1.03 bits per heavy atom. The van der Waals surface area contributed by atoms with Crippen LogP contribution in [0.1, 0.15) is 23.1 Å². The quantitative estimate of drug-likeness (QED) is 0.583. The van der Waals surface area contributed by atoms with Crippen LogP contribution in [0.25, 0.3) is 0 Å². The van der Waals surface area contributed by atoms with E-state index in [1.165, 1.54) is 10.4 Å². The Balaban J connectivity index is 1.45. The average Bonchev–Trinajstić information content (AvgIpc) is 3.12. The van der Waals surface area contributed by atoms with Gasteiger partial charge in [0.1, 0.15) is 0 Å². The number of hydrogen-bond acceptors (Lipinski definition) is 5. The van der Waals surface area contributed by atoms with E-state index >= 15 is 0 Å². The second kappa shape index (κ2) is 9.37. The highest BCUT2D eigenvalue weighted by atomic mass is 32.2. The first-order valence-corrected chi connectivity index (χ1v) is 13.1. The van der Waals surface area contributed by atoms with Crippen molar-refractivity contribution in [2.75, 3.05) is 29.7 Å². The molecular weight excluding hydrogens is 438 g/mol. The lowest BCUT2D eigenvalue weighted by atomic mass is 10.2. The summed E-state index contributed by atoms with van der Waals surface area (Å²) in [5.74, 6) is -0.637. The molecule has 1 amide bonds. The fraction of sp³-hybridized carbons (Fsp3) is 0.381. The summed E-state index contributed by atoms with van der Waals surface area (Å²) in [6.07, 6.45) is 0.582. The van der Waals surface area contributed by atoms with Crippen molar-refractivity contribution in [3.63, 3.8) is 0 Å². The monoisotopic (exact) mass is 465 g/mol. The molecule has 31 heavy (non-hydrogen) atoms. The van der Waals surface area contributed by atoms with Gasteiger partial charge >= 0.3 is 0 Å². The molecule has 2 aromatic rings. The summed E-state index contributed by atoms with van der Waals surface area (Å²) in [4.78, 5) is 12.2. The van der Waals surface area contributed by atoms with E-state index in [0.717, 1.165) is 11.1 Å². The molecule has 0 aromatic heterocycles. The van der Waals surface area contributed by atoms with Gasteiger partial charge < -0.3 is 5.32 Å². The maximum atomic E-state index is 12.6. The van der Waals surface area contributed by atoms with Gasteiger partial charge in [-0.2, -0.15) is 0 Å². The van der Waals surface area contributed by atoms with Gasteiger partial charge in [0.25, 0.3) is 0 Å². The third-order valence-corrected chi connectivity index (χ3v) is 8.52. The van der Waals surface area contributed by atoms with E-state index in [9.17, 15) is 21.6 Å². The molecule has 0 saturated carbocycles. The molecule has 0 bridgehead atoms. The Bertz CT molecular complexity index is 1180. The number of nitrogens with zero attached hydrogens (tertiary/aromatic N) is 1. The number of aryl methyl sites for hydroxylation is 2. The molecule has 10 heteroatoms. The zero-order chi connectivity index (χ0) is 22.6. The van der Waals surface area contributed by atoms with Crippen LogP contribution in [-0.4, -0.2) is 48.1 Å². The van der Waals surface area contributed by atoms with Gasteiger partial charge in [0, 0.05) is 26.1 Å². The van der Waals surface area contributed by atoms with Crippen LogP contribution >= 0.6 is 0 Å². The molecule has 0 atom stereocenters. The summed E-state index contributed by atoms with van der Waals surface area (Å²) in [6.45, 7) is 3.88. The molecule has 1 aliphatic rings. The van der Waals surface area contributed by atoms with E-state index in [-0.39, 0.29) is 30.2 Å². The fourth-order valence-electron chi connectivity index (χ4n) is 3.59. The molecule has 3 rings (SSSR count). The standard InChI is InChI=1S/C21H27N3O5S2/c1-16-7-8-20(17(2)15-16)31(28,29)23-11-9-21(25)22-12-14-30(26,27)24-13-10-18-5-3-4-6-19(18)24/h3-8,15,23H,9-14H2,1-2H3,(H,22,25). The van der Waals surface area contributed by atoms with Crippen molar-refractivity contribution in [3.05, 3.63) is 59.2 Å². The van der Waals surface area contributed by atoms with E-state index in [1.54, 1.807) is 31.2 Å². The third kappa shape index (κ3) is 5.63. The van der Waals surface area contributed by atoms with E-state index in [4.69, 9.17) is 0 Å². The van der Waals surface area contributed by atoms with Gasteiger partial charge in [0.15, 0.2) is 0 Å². The molecule has 1 aliphatic heterocycles. The van der Waals surface area contributed by atoms with Crippen LogP contribution < -0.4 is 14.3 Å². The Labute approximate surface area is 183 Å². The summed E-state index contributed by atoms with van der Waals surface area (Å²) in [5.41, 5.74) is 3.27. The van der Waals surface area contributed by atoms with E-state index in [2.05, 4.69) is 10.0 Å². The maximum Gasteiger partial charge on any atom is 0.240 e. The van der Waals surface area contributed by atoms with Crippen molar-refractivity contribution < 1.29 is 21.6 Å². The molecular formula is C21H27N3O5S2. The molecule has 0 saturated heterocycles. The van der Waals surface area contributed by atoms with Gasteiger partial charge in [0.05, 0.1) is 16.3 Å². The van der Waals surface area contributed by atoms with Crippen LogP contribution in [0.5, 0.6) is 0 Å². The van der Waals surface area contributed by atoms with Crippen LogP contribution in [0.3, 0.4) is 0 Å². The van der Waals surface area contributed by atoms with Crippen LogP contribution in [0, 0.1) is 13.8 Å². The molecule has 8 nitrogen and oxygen atoms in total. The summed E-state index contributed by atoms with van der Waals surface area (Å²) >= 11 is 0. The number of anilines is 1. The van der Waals surface area contributed by atoms with Crippen molar-refractivity contribution >= 4 is 31.6 Å². The maximum absolute atomic E-state index is 12.6. The average molecular weight is 466 g/mol. The number of amides is 1. The normalized spacial score (nSPS) is 13.8. The molecule has 2 N–H and O–H groups in total. The van der Waals surface area contributed by atoms with Gasteiger partial charge in [-0.1, -0.05) is 35.9 Å². The minimum atomic E-state index is -3.72. The van der Waals surface area contributed by atoms with Gasteiger partial charge in [-0.3, -0.25) is 9.10 Å². The van der Waals surface area contributed by atoms with Gasteiger partial charge in [-0.15, -0.1) is 0 Å². The highest BCUT2D eigenvalue weighted by Crippen LogP contribution is 2.29. The third-order valence-electron chi connectivity index (χ3n) is 5.13. The summed E-state index contributed by atoms with van der Waals surface area (Å²) < 4.78 is 53.9. The smallest absolute Gasteiger partial charge is 0.240 e. The van der Waals surface area contributed by atoms with Crippen LogP contribution in [0.2, 0.25) is 0 Å². The summed E-state index contributed by atoms with van der Waals surface area (Å²) in [7, 11) is -7.27. The second-order valence-electron chi connectivity index (χ2n) is 7.53. The van der Waals surface area contributed by atoms with E-state index < -0.39 is 26.0 Å². The number of sulfonamides is 2. The molecule has 0 unspecified atom stereocenters. The molecule has 0 fully saturated rings. The number of carbonyl (C=O) groups excluding carboxylic acids is 1. The number of rotatable bonds is 9. The molecule has 1 heterocycles. The minimum Gasteiger partial charge on any atom is -0.355 e. The van der Waals surface area contributed by atoms with Crippen molar-refractivity contribution in [1.82, 2.24) is 10.0 Å². The minimum absolute atomic E-state index is 0.0380. The SMILES string of the molecule is Cc1ccc(S(=O)(=O)NCCC(=O)NCCS(=O)(=O)N2CCc3ccccc32)c(C)c1. The van der Waals surface area contributed by atoms with Gasteiger partial charge in [-0.25, -0.2) is 21.6 Å². The molecule has 0 spiro atoms. The lowest BCUT2D eigenvalue weighted by Crippen LogP contribution is -2.37. The van der Waals surface area contributed by atoms with Gasteiger partial charge in [0.2, 0.25) is 26.0 Å². The first-order chi connectivity index (χ1) is 14.6. The predicted molar refractivity (Wildman–Crippen MR) is 120 cm³/mol. The molecule has 0 aliphatic carbocycles. The number of fused-ring (bicyclic) bond motifs is 1. The Morgan fingerprint density at radius 2 is 1.77 bits per heavy atom. The molecule has 2 aromatic carbocycles. The number of para-hydroxylation sites is 1.